The van der Waals surface area contributed by atoms with Crippen LogP contribution in [0.5, 0.6) is 0 Å². The molecule has 8 heteroatoms. The number of aromatic nitrogens is 2. The summed E-state index contributed by atoms with van der Waals surface area (Å²) in [6.07, 6.45) is 0.461. The molecule has 1 saturated heterocycles. The number of piperazine rings is 1. The van der Waals surface area contributed by atoms with E-state index in [2.05, 4.69) is 9.97 Å². The fraction of sp³-hybridized carbons (Fsp3) is 0.318. The van der Waals surface area contributed by atoms with Gasteiger partial charge in [0, 0.05) is 32.6 Å². The van der Waals surface area contributed by atoms with Crippen LogP contribution in [0, 0.1) is 6.92 Å². The van der Waals surface area contributed by atoms with Crippen LogP contribution in [0.1, 0.15) is 18.9 Å². The summed E-state index contributed by atoms with van der Waals surface area (Å²) < 4.78 is 27.0. The number of carbonyl (C=O) groups excluding carboxylic acids is 1. The SMILES string of the molecule is CCC(=O)N1CCN(c2nc3ccccc3nc2S(=O)(=O)c2cccc(C)c2)CC1. The predicted octanol–water partition coefficient (Wildman–Crippen LogP) is 2.83. The second-order valence-corrected chi connectivity index (χ2v) is 9.25. The average Bonchev–Trinajstić information content (AvgIpc) is 2.77. The minimum absolute atomic E-state index is 0.0398. The lowest BCUT2D eigenvalue weighted by atomic mass is 10.2. The Morgan fingerprint density at radius 3 is 2.27 bits per heavy atom. The molecule has 0 saturated carbocycles. The van der Waals surface area contributed by atoms with Crippen LogP contribution >= 0.6 is 0 Å². The van der Waals surface area contributed by atoms with Gasteiger partial charge >= 0.3 is 0 Å². The zero-order valence-corrected chi connectivity index (χ0v) is 17.9. The second-order valence-electron chi connectivity index (χ2n) is 7.38. The van der Waals surface area contributed by atoms with Gasteiger partial charge in [-0.05, 0) is 36.8 Å². The molecule has 0 unspecified atom stereocenters. The Balaban J connectivity index is 1.80. The Bertz CT molecular complexity index is 1200. The highest BCUT2D eigenvalue weighted by atomic mass is 32.2. The number of fused-ring (bicyclic) bond motifs is 1. The number of carbonyl (C=O) groups is 1. The first-order valence-corrected chi connectivity index (χ1v) is 11.5. The number of sulfone groups is 1. The van der Waals surface area contributed by atoms with E-state index in [0.717, 1.165) is 5.56 Å². The van der Waals surface area contributed by atoms with E-state index in [4.69, 9.17) is 0 Å². The first kappa shape index (κ1) is 20.3. The first-order chi connectivity index (χ1) is 14.4. The molecule has 2 aromatic carbocycles. The molecule has 1 fully saturated rings. The third kappa shape index (κ3) is 3.75. The van der Waals surface area contributed by atoms with Gasteiger partial charge in [0.15, 0.2) is 5.82 Å². The Morgan fingerprint density at radius 2 is 1.63 bits per heavy atom. The molecule has 1 aromatic heterocycles. The van der Waals surface area contributed by atoms with Gasteiger partial charge in [-0.25, -0.2) is 18.4 Å². The monoisotopic (exact) mass is 424 g/mol. The molecule has 0 atom stereocenters. The molecule has 2 heterocycles. The van der Waals surface area contributed by atoms with Gasteiger partial charge in [-0.1, -0.05) is 31.2 Å². The molecule has 0 radical (unpaired) electrons. The summed E-state index contributed by atoms with van der Waals surface area (Å²) in [6, 6.07) is 14.1. The van der Waals surface area contributed by atoms with Crippen molar-refractivity contribution in [3.05, 3.63) is 54.1 Å². The van der Waals surface area contributed by atoms with E-state index < -0.39 is 9.84 Å². The van der Waals surface area contributed by atoms with Crippen molar-refractivity contribution in [2.24, 2.45) is 0 Å². The van der Waals surface area contributed by atoms with Crippen LogP contribution in [0.3, 0.4) is 0 Å². The topological polar surface area (TPSA) is 83.5 Å². The smallest absolute Gasteiger partial charge is 0.227 e. The van der Waals surface area contributed by atoms with E-state index in [9.17, 15) is 13.2 Å². The third-order valence-corrected chi connectivity index (χ3v) is 6.97. The maximum atomic E-state index is 13.5. The molecule has 1 aliphatic rings. The van der Waals surface area contributed by atoms with Gasteiger partial charge in [-0.15, -0.1) is 0 Å². The van der Waals surface area contributed by atoms with Crippen LogP contribution in [-0.2, 0) is 14.6 Å². The van der Waals surface area contributed by atoms with Crippen molar-refractivity contribution in [2.45, 2.75) is 30.2 Å². The maximum Gasteiger partial charge on any atom is 0.227 e. The standard InChI is InChI=1S/C22H24N4O3S/c1-3-20(27)25-11-13-26(14-12-25)21-22(24-19-10-5-4-9-18(19)23-21)30(28,29)17-8-6-7-16(2)15-17/h4-10,15H,3,11-14H2,1-2H3. The molecule has 3 aromatic rings. The maximum absolute atomic E-state index is 13.5. The average molecular weight is 425 g/mol. The molecule has 156 valence electrons. The van der Waals surface area contributed by atoms with Crippen LogP contribution in [0.25, 0.3) is 11.0 Å². The highest BCUT2D eigenvalue weighted by molar-refractivity contribution is 7.91. The second kappa shape index (κ2) is 8.02. The van der Waals surface area contributed by atoms with E-state index in [1.165, 1.54) is 0 Å². The summed E-state index contributed by atoms with van der Waals surface area (Å²) in [5.74, 6) is 0.450. The summed E-state index contributed by atoms with van der Waals surface area (Å²) in [5, 5.41) is -0.0398. The molecule has 1 amide bonds. The number of anilines is 1. The number of hydrogen-bond donors (Lipinski definition) is 0. The van der Waals surface area contributed by atoms with Crippen molar-refractivity contribution in [3.63, 3.8) is 0 Å². The number of aryl methyl sites for hydroxylation is 1. The van der Waals surface area contributed by atoms with E-state index in [1.807, 2.05) is 43.0 Å². The highest BCUT2D eigenvalue weighted by Gasteiger charge is 2.30. The fourth-order valence-corrected chi connectivity index (χ4v) is 5.10. The number of benzene rings is 2. The molecular formula is C22H24N4O3S. The number of hydrogen-bond acceptors (Lipinski definition) is 6. The minimum atomic E-state index is -3.86. The molecule has 0 aliphatic carbocycles. The lowest BCUT2D eigenvalue weighted by Crippen LogP contribution is -2.49. The van der Waals surface area contributed by atoms with Gasteiger partial charge in [0.25, 0.3) is 0 Å². The molecule has 30 heavy (non-hydrogen) atoms. The van der Waals surface area contributed by atoms with E-state index in [1.54, 1.807) is 29.2 Å². The van der Waals surface area contributed by atoms with E-state index >= 15 is 0 Å². The number of nitrogens with zero attached hydrogens (tertiary/aromatic N) is 4. The van der Waals surface area contributed by atoms with Crippen molar-refractivity contribution in [3.8, 4) is 0 Å². The Kier molecular flexibility index (Phi) is 5.42. The number of rotatable bonds is 4. The van der Waals surface area contributed by atoms with Crippen molar-refractivity contribution in [2.75, 3.05) is 31.1 Å². The van der Waals surface area contributed by atoms with Gasteiger partial charge in [0.2, 0.25) is 20.8 Å². The highest BCUT2D eigenvalue weighted by Crippen LogP contribution is 2.30. The fourth-order valence-electron chi connectivity index (χ4n) is 3.65. The summed E-state index contributed by atoms with van der Waals surface area (Å²) >= 11 is 0. The van der Waals surface area contributed by atoms with Crippen LogP contribution in [0.2, 0.25) is 0 Å². The minimum Gasteiger partial charge on any atom is -0.351 e. The quantitative estimate of drug-likeness (QED) is 0.640. The predicted molar refractivity (Wildman–Crippen MR) is 115 cm³/mol. The van der Waals surface area contributed by atoms with Gasteiger partial charge in [0.05, 0.1) is 15.9 Å². The molecule has 0 bridgehead atoms. The van der Waals surface area contributed by atoms with Crippen molar-refractivity contribution in [1.29, 1.82) is 0 Å². The molecule has 4 rings (SSSR count). The van der Waals surface area contributed by atoms with Gasteiger partial charge in [-0.2, -0.15) is 0 Å². The lowest BCUT2D eigenvalue weighted by Gasteiger charge is -2.35. The summed E-state index contributed by atoms with van der Waals surface area (Å²) in [4.78, 5) is 25.1. The van der Waals surface area contributed by atoms with Crippen LogP contribution in [0.15, 0.2) is 58.5 Å². The lowest BCUT2D eigenvalue weighted by molar-refractivity contribution is -0.131. The molecule has 1 aliphatic heterocycles. The van der Waals surface area contributed by atoms with Crippen LogP contribution < -0.4 is 4.90 Å². The third-order valence-electron chi connectivity index (χ3n) is 5.31. The van der Waals surface area contributed by atoms with Crippen molar-refractivity contribution in [1.82, 2.24) is 14.9 Å². The number of amides is 1. The van der Waals surface area contributed by atoms with Gasteiger partial charge in [0.1, 0.15) is 0 Å². The normalized spacial score (nSPS) is 14.9. The molecule has 7 nitrogen and oxygen atoms in total. The molecule has 0 N–H and O–H groups in total. The summed E-state index contributed by atoms with van der Waals surface area (Å²) in [6.45, 7) is 5.78. The zero-order valence-electron chi connectivity index (χ0n) is 17.1. The Morgan fingerprint density at radius 1 is 0.967 bits per heavy atom. The largest absolute Gasteiger partial charge is 0.351 e. The summed E-state index contributed by atoms with van der Waals surface area (Å²) in [5.41, 5.74) is 2.04. The van der Waals surface area contributed by atoms with Gasteiger partial charge < -0.3 is 9.80 Å². The van der Waals surface area contributed by atoms with Crippen LogP contribution in [-0.4, -0.2) is 55.4 Å². The molecular weight excluding hydrogens is 400 g/mol. The van der Waals surface area contributed by atoms with Crippen molar-refractivity contribution >= 4 is 32.6 Å². The number of para-hydroxylation sites is 2. The Labute approximate surface area is 176 Å². The van der Waals surface area contributed by atoms with Gasteiger partial charge in [-0.3, -0.25) is 4.79 Å². The first-order valence-electron chi connectivity index (χ1n) is 10.0. The van der Waals surface area contributed by atoms with Crippen molar-refractivity contribution < 1.29 is 13.2 Å². The molecule has 0 spiro atoms. The summed E-state index contributed by atoms with van der Waals surface area (Å²) in [7, 11) is -3.86. The van der Waals surface area contributed by atoms with E-state index in [-0.39, 0.29) is 15.8 Å². The zero-order chi connectivity index (χ0) is 21.3. The van der Waals surface area contributed by atoms with Crippen LogP contribution in [0.4, 0.5) is 5.82 Å². The van der Waals surface area contributed by atoms with E-state index in [0.29, 0.717) is 49.5 Å². The Hall–Kier alpha value is -3.00.